The second-order valence-electron chi connectivity index (χ2n) is 9.80. The van der Waals surface area contributed by atoms with Crippen LogP contribution in [0.4, 0.5) is 0 Å². The number of rotatable bonds is 4. The Balaban J connectivity index is 2.09. The molecule has 0 radical (unpaired) electrons. The Kier molecular flexibility index (Phi) is 5.54. The maximum absolute atomic E-state index is 9.08. The zero-order valence-corrected chi connectivity index (χ0v) is 18.1. The summed E-state index contributed by atoms with van der Waals surface area (Å²) in [6.07, 6.45) is 12.4. The summed E-state index contributed by atoms with van der Waals surface area (Å²) in [6, 6.07) is 5.01. The fourth-order valence-electron chi connectivity index (χ4n) is 4.75. The van der Waals surface area contributed by atoms with Crippen LogP contribution in [-0.4, -0.2) is 11.7 Å². The van der Waals surface area contributed by atoms with Crippen molar-refractivity contribution < 1.29 is 5.11 Å². The molecule has 0 atom stereocenters. The molecular formula is C26H36O. The minimum atomic E-state index is 0.108. The summed E-state index contributed by atoms with van der Waals surface area (Å²) >= 11 is 0. The number of allylic oxidation sites excluding steroid dienone is 5. The van der Waals surface area contributed by atoms with Crippen molar-refractivity contribution >= 4 is 5.57 Å². The van der Waals surface area contributed by atoms with Crippen molar-refractivity contribution in [3.63, 3.8) is 0 Å². The number of fused-ring (bicyclic) bond motifs is 1. The van der Waals surface area contributed by atoms with Crippen molar-refractivity contribution in [2.45, 2.75) is 84.5 Å². The summed E-state index contributed by atoms with van der Waals surface area (Å²) in [4.78, 5) is 0. The van der Waals surface area contributed by atoms with E-state index in [0.717, 1.165) is 12.0 Å². The lowest BCUT2D eigenvalue weighted by atomic mass is 9.62. The van der Waals surface area contributed by atoms with Gasteiger partial charge in [0.05, 0.1) is 6.61 Å². The van der Waals surface area contributed by atoms with Gasteiger partial charge in [-0.05, 0) is 90.2 Å². The van der Waals surface area contributed by atoms with Crippen molar-refractivity contribution in [1.82, 2.24) is 0 Å². The highest BCUT2D eigenvalue weighted by molar-refractivity contribution is 5.76. The van der Waals surface area contributed by atoms with Gasteiger partial charge in [0, 0.05) is 0 Å². The zero-order chi connectivity index (χ0) is 19.8. The summed E-state index contributed by atoms with van der Waals surface area (Å²) in [7, 11) is 0. The lowest BCUT2D eigenvalue weighted by Crippen LogP contribution is -2.34. The van der Waals surface area contributed by atoms with Gasteiger partial charge in [-0.2, -0.15) is 0 Å². The summed E-state index contributed by atoms with van der Waals surface area (Å²) in [6.45, 7) is 14.1. The number of aryl methyl sites for hydroxylation is 1. The molecule has 0 heterocycles. The molecule has 0 aromatic heterocycles. The lowest BCUT2D eigenvalue weighted by molar-refractivity contribution is 0.331. The first kappa shape index (κ1) is 20.1. The summed E-state index contributed by atoms with van der Waals surface area (Å²) < 4.78 is 0. The molecular weight excluding hydrogens is 328 g/mol. The van der Waals surface area contributed by atoms with Gasteiger partial charge in [-0.3, -0.25) is 0 Å². The lowest BCUT2D eigenvalue weighted by Gasteiger charge is -2.42. The molecule has 0 bridgehead atoms. The Morgan fingerprint density at radius 3 is 2.30 bits per heavy atom. The van der Waals surface area contributed by atoms with E-state index in [1.807, 2.05) is 6.08 Å². The molecule has 1 aromatic rings. The zero-order valence-electron chi connectivity index (χ0n) is 18.1. The molecule has 1 nitrogen and oxygen atoms in total. The van der Waals surface area contributed by atoms with Crippen LogP contribution in [0.25, 0.3) is 5.57 Å². The Morgan fingerprint density at radius 1 is 1.04 bits per heavy atom. The van der Waals surface area contributed by atoms with E-state index in [9.17, 15) is 0 Å². The highest BCUT2D eigenvalue weighted by atomic mass is 16.2. The molecule has 0 fully saturated rings. The van der Waals surface area contributed by atoms with Crippen LogP contribution >= 0.6 is 0 Å². The number of hydrogen-bond acceptors (Lipinski definition) is 1. The van der Waals surface area contributed by atoms with Gasteiger partial charge >= 0.3 is 0 Å². The van der Waals surface area contributed by atoms with E-state index in [1.54, 1.807) is 11.1 Å². The largest absolute Gasteiger partial charge is 0.392 e. The Labute approximate surface area is 165 Å². The molecule has 0 aliphatic heterocycles. The first-order chi connectivity index (χ1) is 12.7. The van der Waals surface area contributed by atoms with Crippen molar-refractivity contribution in [2.75, 3.05) is 6.61 Å². The van der Waals surface area contributed by atoms with E-state index in [2.05, 4.69) is 65.8 Å². The molecule has 146 valence electrons. The van der Waals surface area contributed by atoms with Gasteiger partial charge in [-0.25, -0.2) is 0 Å². The van der Waals surface area contributed by atoms with Crippen LogP contribution in [0.5, 0.6) is 0 Å². The van der Waals surface area contributed by atoms with E-state index in [-0.39, 0.29) is 17.4 Å². The molecule has 0 saturated heterocycles. The van der Waals surface area contributed by atoms with E-state index >= 15 is 0 Å². The van der Waals surface area contributed by atoms with Crippen LogP contribution in [0.2, 0.25) is 0 Å². The fraction of sp³-hybridized carbons (Fsp3) is 0.538. The standard InChI is InChI=1S/C26H36O/c1-18(12-15-27)10-11-20-8-7-9-21(20)22-17-24-23(16-19(22)2)25(3,4)13-14-26(24,5)6/h10-12,16-17,27H,7-9,13-15H2,1-6H3/b11-10+,18-12+. The maximum atomic E-state index is 9.08. The molecule has 0 saturated carbocycles. The Hall–Kier alpha value is -1.60. The van der Waals surface area contributed by atoms with Crippen LogP contribution < -0.4 is 0 Å². The van der Waals surface area contributed by atoms with E-state index in [1.165, 1.54) is 48.0 Å². The second-order valence-corrected chi connectivity index (χ2v) is 9.80. The van der Waals surface area contributed by atoms with Crippen molar-refractivity contribution in [3.05, 3.63) is 63.8 Å². The highest BCUT2D eigenvalue weighted by Crippen LogP contribution is 2.48. The minimum absolute atomic E-state index is 0.108. The Bertz CT molecular complexity index is 815. The average molecular weight is 365 g/mol. The van der Waals surface area contributed by atoms with Crippen molar-refractivity contribution in [1.29, 1.82) is 0 Å². The molecule has 1 heteroatoms. The van der Waals surface area contributed by atoms with Crippen molar-refractivity contribution in [3.8, 4) is 0 Å². The third-order valence-electron chi connectivity index (χ3n) is 6.74. The first-order valence-electron chi connectivity index (χ1n) is 10.5. The van der Waals surface area contributed by atoms with Crippen LogP contribution in [-0.2, 0) is 10.8 Å². The third kappa shape index (κ3) is 3.99. The van der Waals surface area contributed by atoms with Crippen LogP contribution in [0.15, 0.2) is 41.5 Å². The Morgan fingerprint density at radius 2 is 1.67 bits per heavy atom. The van der Waals surface area contributed by atoms with Gasteiger partial charge in [-0.1, -0.05) is 63.6 Å². The molecule has 0 amide bonds. The van der Waals surface area contributed by atoms with Gasteiger partial charge in [-0.15, -0.1) is 0 Å². The number of aliphatic hydroxyl groups excluding tert-OH is 1. The van der Waals surface area contributed by atoms with Crippen LogP contribution in [0.3, 0.4) is 0 Å². The summed E-state index contributed by atoms with van der Waals surface area (Å²) in [5.74, 6) is 0. The monoisotopic (exact) mass is 364 g/mol. The summed E-state index contributed by atoms with van der Waals surface area (Å²) in [5, 5.41) is 9.08. The third-order valence-corrected chi connectivity index (χ3v) is 6.74. The quantitative estimate of drug-likeness (QED) is 0.584. The summed E-state index contributed by atoms with van der Waals surface area (Å²) in [5.41, 5.74) is 10.6. The van der Waals surface area contributed by atoms with Gasteiger partial charge in [0.1, 0.15) is 0 Å². The topological polar surface area (TPSA) is 20.2 Å². The van der Waals surface area contributed by atoms with E-state index < -0.39 is 0 Å². The normalized spacial score (nSPS) is 21.8. The van der Waals surface area contributed by atoms with E-state index in [0.29, 0.717) is 0 Å². The van der Waals surface area contributed by atoms with Crippen LogP contribution in [0.1, 0.15) is 89.0 Å². The van der Waals surface area contributed by atoms with E-state index in [4.69, 9.17) is 5.11 Å². The second kappa shape index (κ2) is 7.43. The molecule has 0 unspecified atom stereocenters. The maximum Gasteiger partial charge on any atom is 0.0617 e. The smallest absolute Gasteiger partial charge is 0.0617 e. The molecule has 27 heavy (non-hydrogen) atoms. The predicted molar refractivity (Wildman–Crippen MR) is 117 cm³/mol. The van der Waals surface area contributed by atoms with Gasteiger partial charge < -0.3 is 5.11 Å². The molecule has 1 N–H and O–H groups in total. The number of aliphatic hydroxyl groups is 1. The fourth-order valence-corrected chi connectivity index (χ4v) is 4.75. The predicted octanol–water partition coefficient (Wildman–Crippen LogP) is 6.78. The molecule has 1 aromatic carbocycles. The first-order valence-corrected chi connectivity index (χ1v) is 10.5. The van der Waals surface area contributed by atoms with Gasteiger partial charge in [0.2, 0.25) is 0 Å². The molecule has 0 spiro atoms. The SMILES string of the molecule is CC(/C=C/C1=C(c2cc3c(cc2C)C(C)(C)CCC3(C)C)CCC1)=C\CO. The minimum Gasteiger partial charge on any atom is -0.392 e. The highest BCUT2D eigenvalue weighted by Gasteiger charge is 2.37. The van der Waals surface area contributed by atoms with Gasteiger partial charge in [0.25, 0.3) is 0 Å². The molecule has 2 aliphatic carbocycles. The molecule has 2 aliphatic rings. The van der Waals surface area contributed by atoms with Crippen LogP contribution in [0, 0.1) is 6.92 Å². The number of hydrogen-bond donors (Lipinski definition) is 1. The van der Waals surface area contributed by atoms with Crippen molar-refractivity contribution in [2.24, 2.45) is 0 Å². The van der Waals surface area contributed by atoms with Gasteiger partial charge in [0.15, 0.2) is 0 Å². The average Bonchev–Trinajstić information content (AvgIpc) is 3.05. The molecule has 3 rings (SSSR count). The number of benzene rings is 1.